The van der Waals surface area contributed by atoms with Crippen molar-refractivity contribution in [1.29, 1.82) is 0 Å². The van der Waals surface area contributed by atoms with Crippen LogP contribution in [0.2, 0.25) is 0 Å². The Balaban J connectivity index is 0.00000380. The number of carbonyl (C=O) groups is 1. The van der Waals surface area contributed by atoms with Gasteiger partial charge in [-0.15, -0.1) is 12.4 Å². The number of aromatic nitrogens is 1. The van der Waals surface area contributed by atoms with E-state index in [1.807, 2.05) is 30.3 Å². The van der Waals surface area contributed by atoms with Gasteiger partial charge in [0.25, 0.3) is 0 Å². The monoisotopic (exact) mass is 542 g/mol. The molecule has 3 aromatic carbocycles. The zero-order chi connectivity index (χ0) is 25.7. The number of para-hydroxylation sites is 1. The minimum Gasteiger partial charge on any atom is -0.494 e. The van der Waals surface area contributed by atoms with Crippen molar-refractivity contribution >= 4 is 67.2 Å². The maximum atomic E-state index is 12.5. The van der Waals surface area contributed by atoms with Crippen molar-refractivity contribution in [2.24, 2.45) is 5.73 Å². The first-order valence-electron chi connectivity index (χ1n) is 11.9. The highest BCUT2D eigenvalue weighted by Crippen LogP contribution is 2.38. The number of fused-ring (bicyclic) bond motifs is 2. The molecule has 4 aromatic rings. The van der Waals surface area contributed by atoms with Crippen molar-refractivity contribution in [1.82, 2.24) is 4.98 Å². The van der Waals surface area contributed by atoms with Crippen LogP contribution in [0.1, 0.15) is 43.0 Å². The highest BCUT2D eigenvalue weighted by atomic mass is 35.5. The number of nitrogens with zero attached hydrogens (tertiary/aromatic N) is 1. The van der Waals surface area contributed by atoms with E-state index in [2.05, 4.69) is 17.0 Å². The molecule has 0 atom stereocenters. The first-order valence-corrected chi connectivity index (χ1v) is 13.5. The van der Waals surface area contributed by atoms with Crippen molar-refractivity contribution in [3.8, 4) is 5.75 Å². The van der Waals surface area contributed by atoms with E-state index in [9.17, 15) is 13.2 Å². The third-order valence-corrected chi connectivity index (χ3v) is 7.35. The molecule has 1 heterocycles. The molecule has 1 aromatic heterocycles. The molecular formula is C27H31ClN4O4S. The van der Waals surface area contributed by atoms with Crippen molar-refractivity contribution in [3.05, 3.63) is 66.2 Å². The van der Waals surface area contributed by atoms with Crippen LogP contribution in [0.3, 0.4) is 0 Å². The van der Waals surface area contributed by atoms with E-state index in [4.69, 9.17) is 15.5 Å². The number of benzene rings is 3. The average Bonchev–Trinajstić information content (AvgIpc) is 2.86. The van der Waals surface area contributed by atoms with Crippen LogP contribution in [0.4, 0.5) is 17.1 Å². The normalized spacial score (nSPS) is 11.2. The minimum absolute atomic E-state index is 0. The lowest BCUT2D eigenvalue weighted by Crippen LogP contribution is -2.16. The largest absolute Gasteiger partial charge is 0.494 e. The van der Waals surface area contributed by atoms with Crippen LogP contribution in [0, 0.1) is 0 Å². The summed E-state index contributed by atoms with van der Waals surface area (Å²) >= 11 is 0. The zero-order valence-electron chi connectivity index (χ0n) is 20.8. The van der Waals surface area contributed by atoms with E-state index in [1.165, 1.54) is 7.11 Å². The molecule has 0 saturated heterocycles. The Kier molecular flexibility index (Phi) is 9.18. The molecule has 0 saturated carbocycles. The van der Waals surface area contributed by atoms with Gasteiger partial charge in [0.15, 0.2) is 0 Å². The first-order chi connectivity index (χ1) is 17.3. The van der Waals surface area contributed by atoms with Gasteiger partial charge in [0.2, 0.25) is 15.9 Å². The molecule has 196 valence electrons. The van der Waals surface area contributed by atoms with E-state index in [0.717, 1.165) is 30.2 Å². The number of halogens is 1. The molecule has 0 fully saturated rings. The second-order valence-corrected chi connectivity index (χ2v) is 10.4. The molecular weight excluding hydrogens is 512 g/mol. The van der Waals surface area contributed by atoms with Gasteiger partial charge in [-0.3, -0.25) is 9.52 Å². The van der Waals surface area contributed by atoms with Crippen molar-refractivity contribution in [2.75, 3.05) is 22.9 Å². The van der Waals surface area contributed by atoms with Crippen LogP contribution in [0.5, 0.6) is 5.75 Å². The third-order valence-electron chi connectivity index (χ3n) is 5.97. The minimum atomic E-state index is -3.47. The fourth-order valence-corrected chi connectivity index (χ4v) is 5.39. The number of methoxy groups -OCH3 is 1. The average molecular weight is 543 g/mol. The molecule has 0 aliphatic heterocycles. The maximum Gasteiger partial charge on any atom is 0.249 e. The number of hydrogen-bond donors (Lipinski definition) is 3. The number of hydrogen-bond acceptors (Lipinski definition) is 6. The Morgan fingerprint density at radius 2 is 1.76 bits per heavy atom. The molecule has 4 rings (SSSR count). The smallest absolute Gasteiger partial charge is 0.249 e. The fraction of sp³-hybridized carbons (Fsp3) is 0.259. The number of unbranched alkanes of at least 4 members (excludes halogenated alkanes) is 3. The molecule has 0 unspecified atom stereocenters. The van der Waals surface area contributed by atoms with Crippen molar-refractivity contribution in [3.63, 3.8) is 0 Å². The highest BCUT2D eigenvalue weighted by molar-refractivity contribution is 7.92. The Hall–Kier alpha value is -3.56. The summed E-state index contributed by atoms with van der Waals surface area (Å²) in [6.45, 7) is 2.08. The zero-order valence-corrected chi connectivity index (χ0v) is 22.4. The second-order valence-electron chi connectivity index (χ2n) is 8.59. The number of rotatable bonds is 11. The number of nitrogens with one attached hydrogen (secondary N) is 2. The summed E-state index contributed by atoms with van der Waals surface area (Å²) in [5.74, 6) is -0.0524. The number of nitrogens with two attached hydrogens (primary N) is 1. The number of carbonyl (C=O) groups excluding carboxylic acids is 1. The van der Waals surface area contributed by atoms with Gasteiger partial charge >= 0.3 is 0 Å². The predicted octanol–water partition coefficient (Wildman–Crippen LogP) is 5.98. The van der Waals surface area contributed by atoms with E-state index in [-0.39, 0.29) is 18.2 Å². The van der Waals surface area contributed by atoms with Gasteiger partial charge in [-0.2, -0.15) is 0 Å². The summed E-state index contributed by atoms with van der Waals surface area (Å²) in [6.07, 6.45) is 3.55. The maximum absolute atomic E-state index is 12.5. The molecule has 37 heavy (non-hydrogen) atoms. The predicted molar refractivity (Wildman–Crippen MR) is 153 cm³/mol. The van der Waals surface area contributed by atoms with Gasteiger partial charge in [-0.1, -0.05) is 50.5 Å². The van der Waals surface area contributed by atoms with Crippen molar-refractivity contribution in [2.45, 2.75) is 32.6 Å². The Morgan fingerprint density at radius 3 is 2.49 bits per heavy atom. The Labute approximate surface area is 223 Å². The summed E-state index contributed by atoms with van der Waals surface area (Å²) < 4.78 is 33.2. The molecule has 10 heteroatoms. The standard InChI is InChI=1S/C27H30N4O4S.ClH/c1-3-4-5-8-16-36(33,34)31-18-14-15-22(24(17-18)35-2)30-26-19-10-6-7-12-21(19)29-23-13-9-11-20(25(23)26)27(28)32;/h6-7,9-15,17,31H,3-5,8,16H2,1-2H3,(H2,28,32)(H,29,30);1H. The van der Waals surface area contributed by atoms with Crippen LogP contribution < -0.4 is 20.5 Å². The number of pyridine rings is 1. The Morgan fingerprint density at radius 1 is 1.00 bits per heavy atom. The molecule has 1 amide bonds. The number of ether oxygens (including phenoxy) is 1. The topological polar surface area (TPSA) is 123 Å². The summed E-state index contributed by atoms with van der Waals surface area (Å²) in [5, 5.41) is 4.80. The SMILES string of the molecule is CCCCCCS(=O)(=O)Nc1ccc(Nc2c3ccccc3nc3cccc(C(N)=O)c23)c(OC)c1.Cl. The first kappa shape index (κ1) is 28.0. The molecule has 0 radical (unpaired) electrons. The number of primary amides is 1. The molecule has 8 nitrogen and oxygen atoms in total. The van der Waals surface area contributed by atoms with Crippen LogP contribution >= 0.6 is 12.4 Å². The fourth-order valence-electron chi connectivity index (χ4n) is 4.22. The summed E-state index contributed by atoms with van der Waals surface area (Å²) in [5.41, 5.74) is 9.08. The van der Waals surface area contributed by atoms with Crippen LogP contribution in [-0.4, -0.2) is 32.2 Å². The van der Waals surface area contributed by atoms with E-state index >= 15 is 0 Å². The van der Waals surface area contributed by atoms with Gasteiger partial charge in [0, 0.05) is 16.8 Å². The van der Waals surface area contributed by atoms with Crippen LogP contribution in [-0.2, 0) is 10.0 Å². The van der Waals surface area contributed by atoms with Gasteiger partial charge in [0.05, 0.1) is 46.5 Å². The lowest BCUT2D eigenvalue weighted by molar-refractivity contribution is 0.100. The van der Waals surface area contributed by atoms with E-state index in [1.54, 1.807) is 30.3 Å². The van der Waals surface area contributed by atoms with Gasteiger partial charge < -0.3 is 15.8 Å². The van der Waals surface area contributed by atoms with Crippen LogP contribution in [0.25, 0.3) is 21.8 Å². The van der Waals surface area contributed by atoms with E-state index in [0.29, 0.717) is 45.7 Å². The van der Waals surface area contributed by atoms with Crippen molar-refractivity contribution < 1.29 is 17.9 Å². The highest BCUT2D eigenvalue weighted by Gasteiger charge is 2.18. The third kappa shape index (κ3) is 6.42. The Bertz CT molecular complexity index is 1530. The number of amides is 1. The summed E-state index contributed by atoms with van der Waals surface area (Å²) in [6, 6.07) is 17.9. The number of anilines is 3. The molecule has 0 bridgehead atoms. The van der Waals surface area contributed by atoms with E-state index < -0.39 is 15.9 Å². The molecule has 0 aliphatic carbocycles. The summed E-state index contributed by atoms with van der Waals surface area (Å²) in [7, 11) is -1.96. The van der Waals surface area contributed by atoms with Gasteiger partial charge in [0.1, 0.15) is 5.75 Å². The molecule has 0 aliphatic rings. The van der Waals surface area contributed by atoms with Gasteiger partial charge in [-0.05, 0) is 36.8 Å². The molecule has 4 N–H and O–H groups in total. The quantitative estimate of drug-likeness (QED) is 0.158. The van der Waals surface area contributed by atoms with Crippen LogP contribution in [0.15, 0.2) is 60.7 Å². The second kappa shape index (κ2) is 12.1. The van der Waals surface area contributed by atoms with Gasteiger partial charge in [-0.25, -0.2) is 13.4 Å². The lowest BCUT2D eigenvalue weighted by Gasteiger charge is -2.18. The lowest BCUT2D eigenvalue weighted by atomic mass is 10.0. The molecule has 0 spiro atoms. The summed E-state index contributed by atoms with van der Waals surface area (Å²) in [4.78, 5) is 16.9. The number of sulfonamides is 1.